The first kappa shape index (κ1) is 20.0. The van der Waals surface area contributed by atoms with E-state index in [1.807, 2.05) is 0 Å². The number of carbonyl (C=O) groups excluding carboxylic acids is 2. The van der Waals surface area contributed by atoms with Gasteiger partial charge in [-0.2, -0.15) is 0 Å². The SMILES string of the molecule is CC(NC(=O)c1cccc(Cl)c1Cl)C(=O)N[C@@H](C)CN.Cl. The lowest BCUT2D eigenvalue weighted by molar-refractivity contribution is -0.123. The van der Waals surface area contributed by atoms with Crippen molar-refractivity contribution in [3.05, 3.63) is 33.8 Å². The number of benzene rings is 1. The summed E-state index contributed by atoms with van der Waals surface area (Å²) in [7, 11) is 0. The zero-order valence-electron chi connectivity index (χ0n) is 11.7. The predicted octanol–water partition coefficient (Wildman–Crippen LogP) is 2.00. The van der Waals surface area contributed by atoms with Crippen LogP contribution in [0.3, 0.4) is 0 Å². The molecule has 2 atom stereocenters. The minimum atomic E-state index is -0.702. The molecule has 0 aliphatic rings. The van der Waals surface area contributed by atoms with E-state index in [9.17, 15) is 9.59 Å². The molecule has 4 N–H and O–H groups in total. The quantitative estimate of drug-likeness (QED) is 0.756. The van der Waals surface area contributed by atoms with Gasteiger partial charge in [-0.05, 0) is 26.0 Å². The molecular weight excluding hydrogens is 337 g/mol. The van der Waals surface area contributed by atoms with Crippen molar-refractivity contribution in [2.75, 3.05) is 6.54 Å². The van der Waals surface area contributed by atoms with Gasteiger partial charge in [-0.3, -0.25) is 9.59 Å². The lowest BCUT2D eigenvalue weighted by atomic mass is 10.2. The van der Waals surface area contributed by atoms with Crippen LogP contribution in [0.4, 0.5) is 0 Å². The van der Waals surface area contributed by atoms with E-state index < -0.39 is 11.9 Å². The second-order valence-corrected chi connectivity index (χ2v) is 5.23. The molecule has 0 saturated carbocycles. The zero-order valence-corrected chi connectivity index (χ0v) is 14.0. The number of halogens is 3. The Bertz CT molecular complexity index is 511. The lowest BCUT2D eigenvalue weighted by Crippen LogP contribution is -2.49. The molecule has 1 aromatic carbocycles. The molecule has 0 aromatic heterocycles. The van der Waals surface area contributed by atoms with Crippen LogP contribution >= 0.6 is 35.6 Å². The fourth-order valence-electron chi connectivity index (χ4n) is 1.45. The number of rotatable bonds is 5. The van der Waals surface area contributed by atoms with Gasteiger partial charge in [-0.1, -0.05) is 29.3 Å². The Labute approximate surface area is 140 Å². The summed E-state index contributed by atoms with van der Waals surface area (Å²) < 4.78 is 0. The maximum absolute atomic E-state index is 12.0. The van der Waals surface area contributed by atoms with Crippen LogP contribution in [-0.2, 0) is 4.79 Å². The molecule has 118 valence electrons. The van der Waals surface area contributed by atoms with Crippen LogP contribution in [0.25, 0.3) is 0 Å². The van der Waals surface area contributed by atoms with E-state index in [0.717, 1.165) is 0 Å². The number of nitrogens with two attached hydrogens (primary N) is 1. The van der Waals surface area contributed by atoms with Gasteiger partial charge in [-0.15, -0.1) is 12.4 Å². The molecule has 0 heterocycles. The number of nitrogens with one attached hydrogen (secondary N) is 2. The van der Waals surface area contributed by atoms with Gasteiger partial charge >= 0.3 is 0 Å². The van der Waals surface area contributed by atoms with E-state index >= 15 is 0 Å². The lowest BCUT2D eigenvalue weighted by Gasteiger charge is -2.17. The summed E-state index contributed by atoms with van der Waals surface area (Å²) in [5, 5.41) is 5.68. The van der Waals surface area contributed by atoms with Crippen LogP contribution in [0, 0.1) is 0 Å². The smallest absolute Gasteiger partial charge is 0.253 e. The molecule has 0 aliphatic heterocycles. The minimum absolute atomic E-state index is 0. The van der Waals surface area contributed by atoms with Gasteiger partial charge in [0.2, 0.25) is 5.91 Å². The Kier molecular flexibility index (Phi) is 8.66. The van der Waals surface area contributed by atoms with E-state index in [0.29, 0.717) is 6.54 Å². The van der Waals surface area contributed by atoms with E-state index in [1.54, 1.807) is 26.0 Å². The van der Waals surface area contributed by atoms with Gasteiger partial charge in [0.1, 0.15) is 6.04 Å². The van der Waals surface area contributed by atoms with Crippen LogP contribution in [0.5, 0.6) is 0 Å². The van der Waals surface area contributed by atoms with Crippen LogP contribution in [0.15, 0.2) is 18.2 Å². The van der Waals surface area contributed by atoms with Crippen molar-refractivity contribution in [1.29, 1.82) is 0 Å². The zero-order chi connectivity index (χ0) is 15.3. The summed E-state index contributed by atoms with van der Waals surface area (Å²) in [4.78, 5) is 23.8. The second kappa shape index (κ2) is 9.10. The van der Waals surface area contributed by atoms with Gasteiger partial charge < -0.3 is 16.4 Å². The maximum Gasteiger partial charge on any atom is 0.253 e. The van der Waals surface area contributed by atoms with Gasteiger partial charge in [0.25, 0.3) is 5.91 Å². The molecule has 5 nitrogen and oxygen atoms in total. The van der Waals surface area contributed by atoms with Crippen LogP contribution in [0.1, 0.15) is 24.2 Å². The van der Waals surface area contributed by atoms with Crippen molar-refractivity contribution >= 4 is 47.4 Å². The normalized spacial score (nSPS) is 12.8. The second-order valence-electron chi connectivity index (χ2n) is 4.44. The minimum Gasteiger partial charge on any atom is -0.351 e. The van der Waals surface area contributed by atoms with E-state index in [2.05, 4.69) is 10.6 Å². The fourth-order valence-corrected chi connectivity index (χ4v) is 1.83. The molecule has 8 heteroatoms. The third kappa shape index (κ3) is 5.71. The monoisotopic (exact) mass is 353 g/mol. The van der Waals surface area contributed by atoms with Crippen LogP contribution < -0.4 is 16.4 Å². The first-order chi connectivity index (χ1) is 9.36. The molecule has 0 aliphatic carbocycles. The number of amides is 2. The van der Waals surface area contributed by atoms with Crippen molar-refractivity contribution in [2.24, 2.45) is 5.73 Å². The topological polar surface area (TPSA) is 84.2 Å². The Balaban J connectivity index is 0.00000400. The fraction of sp³-hybridized carbons (Fsp3) is 0.385. The van der Waals surface area contributed by atoms with E-state index in [4.69, 9.17) is 28.9 Å². The third-order valence-corrected chi connectivity index (χ3v) is 3.50. The van der Waals surface area contributed by atoms with Gasteiger partial charge in [0, 0.05) is 12.6 Å². The molecule has 2 amide bonds. The highest BCUT2D eigenvalue weighted by Crippen LogP contribution is 2.25. The van der Waals surface area contributed by atoms with Crippen molar-refractivity contribution in [3.63, 3.8) is 0 Å². The highest BCUT2D eigenvalue weighted by Gasteiger charge is 2.19. The molecule has 0 saturated heterocycles. The average molecular weight is 355 g/mol. The van der Waals surface area contributed by atoms with Crippen molar-refractivity contribution in [1.82, 2.24) is 10.6 Å². The summed E-state index contributed by atoms with van der Waals surface area (Å²) in [5.74, 6) is -0.769. The Morgan fingerprint density at radius 2 is 1.86 bits per heavy atom. The molecule has 1 aromatic rings. The first-order valence-electron chi connectivity index (χ1n) is 6.12. The Morgan fingerprint density at radius 3 is 2.43 bits per heavy atom. The van der Waals surface area contributed by atoms with Gasteiger partial charge in [-0.25, -0.2) is 0 Å². The summed E-state index contributed by atoms with van der Waals surface area (Å²) in [6.45, 7) is 3.68. The summed E-state index contributed by atoms with van der Waals surface area (Å²) in [6.07, 6.45) is 0. The first-order valence-corrected chi connectivity index (χ1v) is 6.87. The number of hydrogen-bond donors (Lipinski definition) is 3. The summed E-state index contributed by atoms with van der Waals surface area (Å²) in [6, 6.07) is 3.88. The molecule has 0 spiro atoms. The largest absolute Gasteiger partial charge is 0.351 e. The standard InChI is InChI=1S/C13H17Cl2N3O2.ClH/c1-7(6-16)17-12(19)8(2)18-13(20)9-4-3-5-10(14)11(9)15;/h3-5,7-8H,6,16H2,1-2H3,(H,17,19)(H,18,20);1H/t7-,8?;/m0./s1. The van der Waals surface area contributed by atoms with E-state index in [1.165, 1.54) is 6.07 Å². The van der Waals surface area contributed by atoms with Gasteiger partial charge in [0.15, 0.2) is 0 Å². The summed E-state index contributed by atoms with van der Waals surface area (Å²) in [5.41, 5.74) is 5.64. The third-order valence-electron chi connectivity index (χ3n) is 2.68. The molecule has 1 rings (SSSR count). The highest BCUT2D eigenvalue weighted by molar-refractivity contribution is 6.43. The molecular formula is C13H18Cl3N3O2. The predicted molar refractivity (Wildman–Crippen MR) is 87.3 cm³/mol. The highest BCUT2D eigenvalue weighted by atomic mass is 35.5. The number of carbonyl (C=O) groups is 2. The van der Waals surface area contributed by atoms with E-state index in [-0.39, 0.29) is 40.0 Å². The number of hydrogen-bond acceptors (Lipinski definition) is 3. The van der Waals surface area contributed by atoms with Gasteiger partial charge in [0.05, 0.1) is 15.6 Å². The van der Waals surface area contributed by atoms with Crippen LogP contribution in [-0.4, -0.2) is 30.4 Å². The van der Waals surface area contributed by atoms with Crippen molar-refractivity contribution in [2.45, 2.75) is 25.9 Å². The van der Waals surface area contributed by atoms with Crippen LogP contribution in [0.2, 0.25) is 10.0 Å². The Hall–Kier alpha value is -1.01. The maximum atomic E-state index is 12.0. The Morgan fingerprint density at radius 1 is 1.24 bits per heavy atom. The average Bonchev–Trinajstić information content (AvgIpc) is 2.41. The van der Waals surface area contributed by atoms with Crippen molar-refractivity contribution in [3.8, 4) is 0 Å². The molecule has 0 bridgehead atoms. The summed E-state index contributed by atoms with van der Waals surface area (Å²) >= 11 is 11.8. The van der Waals surface area contributed by atoms with Crippen molar-refractivity contribution < 1.29 is 9.59 Å². The molecule has 0 radical (unpaired) electrons. The molecule has 1 unspecified atom stereocenters. The molecule has 0 fully saturated rings. The molecule has 21 heavy (non-hydrogen) atoms.